The van der Waals surface area contributed by atoms with E-state index >= 15 is 0 Å². The summed E-state index contributed by atoms with van der Waals surface area (Å²) >= 11 is 0. The van der Waals surface area contributed by atoms with Crippen LogP contribution < -0.4 is 47.4 Å². The average molecular weight is 1710 g/mol. The second-order valence-corrected chi connectivity index (χ2v) is 42.6. The van der Waals surface area contributed by atoms with Gasteiger partial charge >= 0.3 is 0 Å². The molecule has 0 amide bonds. The molecule has 0 unspecified atom stereocenters. The summed E-state index contributed by atoms with van der Waals surface area (Å²) < 4.78 is 75.7. The minimum Gasteiger partial charge on any atom is -0.493 e. The average Bonchev–Trinajstić information content (AvgIpc) is 1.22. The minimum absolute atomic E-state index is 0.612. The van der Waals surface area contributed by atoms with Crippen LogP contribution in [-0.4, -0.2) is 66.1 Å². The Morgan fingerprint density at radius 1 is 0.128 bits per heavy atom. The van der Waals surface area contributed by atoms with E-state index in [1.807, 2.05) is 0 Å². The molecule has 10 bridgehead atoms. The summed E-state index contributed by atoms with van der Waals surface area (Å²) in [5.41, 5.74) is 11.5. The van der Waals surface area contributed by atoms with Crippen LogP contribution in [0.4, 0.5) is 0 Å². The van der Waals surface area contributed by atoms with Crippen molar-refractivity contribution in [1.29, 1.82) is 0 Å². The molecule has 0 N–H and O–H groups in total. The zero-order valence-electron chi connectivity index (χ0n) is 78.7. The number of hydrogen-bond acceptors (Lipinski definition) is 10. The SMILES string of the molecule is c1c2c(OCCC3CCCCC3)cc(c1OCCC1CCCCC1)Cc1cc(OCCC3CCCCC3)c(cc1OCCC1CCCCC1)Cc1cc(OCCC3CCCCC3)c(cc1OCCC1CCCCC1)Cc1cc(OCCC3CCCCC3)c(cc1OCCC1CCCCC1)Cc1cc(OCCC3CCCCC3)c(cc1OCCC1CCCCC1)C2. The van der Waals surface area contributed by atoms with Gasteiger partial charge in [0.1, 0.15) is 57.5 Å². The molecule has 0 saturated heterocycles. The Hall–Kier alpha value is -5.90. The largest absolute Gasteiger partial charge is 0.493 e. The number of ether oxygens (including phenoxy) is 10. The Bertz CT molecular complexity index is 3110. The molecular weight excluding hydrogens is 1540 g/mol. The topological polar surface area (TPSA) is 92.3 Å². The molecule has 10 fully saturated rings. The van der Waals surface area contributed by atoms with Crippen molar-refractivity contribution in [3.05, 3.63) is 116 Å². The van der Waals surface area contributed by atoms with Gasteiger partial charge in [-0.05, 0) is 184 Å². The number of hydrogen-bond donors (Lipinski definition) is 0. The molecule has 690 valence electrons. The van der Waals surface area contributed by atoms with Gasteiger partial charge in [-0.1, -0.05) is 321 Å². The molecule has 20 aliphatic carbocycles. The Morgan fingerprint density at radius 3 is 0.304 bits per heavy atom. The maximum absolute atomic E-state index is 7.57. The van der Waals surface area contributed by atoms with Gasteiger partial charge in [0.15, 0.2) is 0 Å². The molecule has 20 aliphatic rings. The van der Waals surface area contributed by atoms with Gasteiger partial charge in [-0.15, -0.1) is 0 Å². The Balaban J connectivity index is 0.898. The fourth-order valence-corrected chi connectivity index (χ4v) is 25.1. The Labute approximate surface area is 759 Å². The van der Waals surface area contributed by atoms with Crippen LogP contribution in [0.25, 0.3) is 0 Å². The fraction of sp³-hybridized carbons (Fsp3) is 0.739. The standard InChI is InChI=1S/C115H170O10/c1-11-31-86(32-12-1)51-61-116-106-76-97-72-99-79-111(121-66-56-91-41-21-6-22-42-91)101(81-110(99)120-65-55-90-39-19-5-20-40-90)74-103-83-115(125-70-60-95-49-29-10-30-50-95)105(85-114(103)124-69-59-94-47-27-9-28-48-94)75-104-84-112(122-67-57-92-43-23-7-24-44-92)102(82-113(104)123-68-58-93-45-25-8-26-46-93)73-100-80-108(118-63-53-88-35-15-3-16-36-88)98(78-109(100)119-64-54-89-37-17-4-18-38-89)71-96(106)77-107(97)117-62-52-87-33-13-2-14-34-87/h76-95H,1-75H2. The van der Waals surface area contributed by atoms with E-state index in [1.165, 1.54) is 321 Å². The molecule has 125 heavy (non-hydrogen) atoms. The van der Waals surface area contributed by atoms with Crippen molar-refractivity contribution in [2.75, 3.05) is 66.1 Å². The first-order chi connectivity index (χ1) is 61.9. The van der Waals surface area contributed by atoms with Gasteiger partial charge in [-0.25, -0.2) is 0 Å². The summed E-state index contributed by atoms with van der Waals surface area (Å²) in [7, 11) is 0. The van der Waals surface area contributed by atoms with E-state index in [0.717, 1.165) is 177 Å². The predicted octanol–water partition coefficient (Wildman–Crippen LogP) is 31.4. The summed E-state index contributed by atoms with van der Waals surface area (Å²) in [6.07, 6.45) is 79.4. The summed E-state index contributed by atoms with van der Waals surface area (Å²) in [5, 5.41) is 0. The van der Waals surface area contributed by atoms with Crippen LogP contribution in [-0.2, 0) is 32.1 Å². The molecule has 0 atom stereocenters. The van der Waals surface area contributed by atoms with E-state index in [0.29, 0.717) is 157 Å². The van der Waals surface area contributed by atoms with Crippen LogP contribution in [0.3, 0.4) is 0 Å². The molecule has 10 nitrogen and oxygen atoms in total. The molecule has 10 saturated carbocycles. The zero-order chi connectivity index (χ0) is 84.5. The second-order valence-electron chi connectivity index (χ2n) is 42.6. The Kier molecular flexibility index (Phi) is 37.3. The third kappa shape index (κ3) is 29.0. The molecular formula is C115H170O10. The van der Waals surface area contributed by atoms with Gasteiger partial charge in [0, 0.05) is 87.7 Å². The lowest BCUT2D eigenvalue weighted by molar-refractivity contribution is 0.237. The van der Waals surface area contributed by atoms with Gasteiger partial charge in [0.05, 0.1) is 66.1 Å². The lowest BCUT2D eigenvalue weighted by Crippen LogP contribution is -2.14. The van der Waals surface area contributed by atoms with Gasteiger partial charge in [0.2, 0.25) is 0 Å². The van der Waals surface area contributed by atoms with Crippen molar-refractivity contribution in [3.8, 4) is 57.5 Å². The highest BCUT2D eigenvalue weighted by molar-refractivity contribution is 5.60. The fourth-order valence-electron chi connectivity index (χ4n) is 25.1. The third-order valence-electron chi connectivity index (χ3n) is 33.2. The monoisotopic (exact) mass is 1710 g/mol. The van der Waals surface area contributed by atoms with Gasteiger partial charge in [0.25, 0.3) is 0 Å². The van der Waals surface area contributed by atoms with Crippen molar-refractivity contribution < 1.29 is 47.4 Å². The molecule has 0 spiro atoms. The van der Waals surface area contributed by atoms with E-state index in [4.69, 9.17) is 47.4 Å². The Morgan fingerprint density at radius 2 is 0.216 bits per heavy atom. The van der Waals surface area contributed by atoms with Gasteiger partial charge in [-0.2, -0.15) is 0 Å². The zero-order valence-corrected chi connectivity index (χ0v) is 78.7. The van der Waals surface area contributed by atoms with Crippen LogP contribution in [0.1, 0.15) is 441 Å². The van der Waals surface area contributed by atoms with E-state index in [-0.39, 0.29) is 0 Å². The maximum Gasteiger partial charge on any atom is 0.123 e. The first-order valence-corrected chi connectivity index (χ1v) is 54.0. The van der Waals surface area contributed by atoms with E-state index in [9.17, 15) is 0 Å². The summed E-state index contributed by atoms with van der Waals surface area (Å²) in [5.74, 6) is 16.4. The highest BCUT2D eigenvalue weighted by Gasteiger charge is 2.31. The lowest BCUT2D eigenvalue weighted by Gasteiger charge is -2.25. The van der Waals surface area contributed by atoms with Crippen molar-refractivity contribution in [2.45, 2.75) is 417 Å². The van der Waals surface area contributed by atoms with Crippen molar-refractivity contribution >= 4 is 0 Å². The summed E-state index contributed by atoms with van der Waals surface area (Å²) in [4.78, 5) is 0. The lowest BCUT2D eigenvalue weighted by atomic mass is 9.87. The minimum atomic E-state index is 0.612. The van der Waals surface area contributed by atoms with Crippen molar-refractivity contribution in [1.82, 2.24) is 0 Å². The smallest absolute Gasteiger partial charge is 0.123 e. The highest BCUT2D eigenvalue weighted by atomic mass is 16.5. The molecule has 0 heterocycles. The number of rotatable bonds is 40. The molecule has 0 aromatic heterocycles. The predicted molar refractivity (Wildman–Crippen MR) is 513 cm³/mol. The molecule has 5 aromatic rings. The van der Waals surface area contributed by atoms with Crippen LogP contribution in [0.5, 0.6) is 57.5 Å². The molecule has 10 heteroatoms. The first kappa shape index (κ1) is 92.4. The third-order valence-corrected chi connectivity index (χ3v) is 33.2. The van der Waals surface area contributed by atoms with Crippen LogP contribution >= 0.6 is 0 Å². The summed E-state index contributed by atoms with van der Waals surface area (Å²) in [6, 6.07) is 24.4. The number of benzene rings is 5. The molecule has 5 aromatic carbocycles. The van der Waals surface area contributed by atoms with Crippen LogP contribution in [0.15, 0.2) is 60.7 Å². The quantitative estimate of drug-likeness (QED) is 0.0370. The first-order valence-electron chi connectivity index (χ1n) is 54.0. The van der Waals surface area contributed by atoms with Crippen LogP contribution in [0.2, 0.25) is 0 Å². The maximum atomic E-state index is 7.57. The molecule has 25 rings (SSSR count). The molecule has 0 aliphatic heterocycles. The van der Waals surface area contributed by atoms with E-state index in [2.05, 4.69) is 60.7 Å². The second kappa shape index (κ2) is 50.5. The van der Waals surface area contributed by atoms with Gasteiger partial charge in [-0.3, -0.25) is 0 Å². The molecule has 0 radical (unpaired) electrons. The highest BCUT2D eigenvalue weighted by Crippen LogP contribution is 2.47. The van der Waals surface area contributed by atoms with E-state index in [1.54, 1.807) is 0 Å². The normalized spacial score (nSPS) is 21.0. The summed E-state index contributed by atoms with van der Waals surface area (Å²) in [6.45, 7) is 6.79. The van der Waals surface area contributed by atoms with Crippen molar-refractivity contribution in [2.24, 2.45) is 59.2 Å². The van der Waals surface area contributed by atoms with Crippen molar-refractivity contribution in [3.63, 3.8) is 0 Å². The van der Waals surface area contributed by atoms with E-state index < -0.39 is 0 Å². The van der Waals surface area contributed by atoms with Crippen LogP contribution in [0, 0.1) is 59.2 Å². The van der Waals surface area contributed by atoms with Gasteiger partial charge < -0.3 is 47.4 Å².